The average molecular weight is 353 g/mol. The van der Waals surface area contributed by atoms with Gasteiger partial charge in [-0.05, 0) is 23.8 Å². The van der Waals surface area contributed by atoms with Gasteiger partial charge < -0.3 is 24.3 Å². The van der Waals surface area contributed by atoms with Gasteiger partial charge in [-0.1, -0.05) is 6.07 Å². The Morgan fingerprint density at radius 1 is 0.962 bits per heavy atom. The molecule has 1 aromatic heterocycles. The zero-order valence-electron chi connectivity index (χ0n) is 14.6. The van der Waals surface area contributed by atoms with Crippen LogP contribution in [-0.4, -0.2) is 31.0 Å². The molecule has 0 bridgehead atoms. The molecule has 0 fully saturated rings. The normalized spacial score (nSPS) is 12.4. The fourth-order valence-electron chi connectivity index (χ4n) is 2.95. The van der Waals surface area contributed by atoms with E-state index < -0.39 is 0 Å². The van der Waals surface area contributed by atoms with Crippen molar-refractivity contribution < 1.29 is 18.9 Å². The molecule has 26 heavy (non-hydrogen) atoms. The SMILES string of the molecule is COc1cc2ncnc(CNCc3ccc4c(c3)OCO4)c2cc1OC. The summed E-state index contributed by atoms with van der Waals surface area (Å²) >= 11 is 0. The smallest absolute Gasteiger partial charge is 0.231 e. The predicted molar refractivity (Wildman–Crippen MR) is 95.8 cm³/mol. The first kappa shape index (κ1) is 16.4. The van der Waals surface area contributed by atoms with Crippen molar-refractivity contribution in [2.75, 3.05) is 21.0 Å². The zero-order chi connectivity index (χ0) is 17.9. The summed E-state index contributed by atoms with van der Waals surface area (Å²) in [5, 5.41) is 4.34. The molecule has 2 heterocycles. The van der Waals surface area contributed by atoms with Crippen LogP contribution in [0, 0.1) is 0 Å². The van der Waals surface area contributed by atoms with Crippen LogP contribution in [0.4, 0.5) is 0 Å². The Labute approximate surface area is 150 Å². The van der Waals surface area contributed by atoms with Crippen LogP contribution < -0.4 is 24.3 Å². The van der Waals surface area contributed by atoms with E-state index in [0.717, 1.165) is 33.7 Å². The van der Waals surface area contributed by atoms with E-state index in [1.54, 1.807) is 20.5 Å². The zero-order valence-corrected chi connectivity index (χ0v) is 14.6. The van der Waals surface area contributed by atoms with Crippen LogP contribution in [0.25, 0.3) is 10.9 Å². The maximum Gasteiger partial charge on any atom is 0.231 e. The van der Waals surface area contributed by atoms with Gasteiger partial charge in [0.15, 0.2) is 23.0 Å². The molecule has 0 radical (unpaired) electrons. The molecule has 1 N–H and O–H groups in total. The lowest BCUT2D eigenvalue weighted by atomic mass is 10.1. The Morgan fingerprint density at radius 2 is 1.77 bits per heavy atom. The number of hydrogen-bond acceptors (Lipinski definition) is 7. The van der Waals surface area contributed by atoms with E-state index in [-0.39, 0.29) is 6.79 Å². The fraction of sp³-hybridized carbons (Fsp3) is 0.263. The molecule has 2 aromatic carbocycles. The highest BCUT2D eigenvalue weighted by atomic mass is 16.7. The van der Waals surface area contributed by atoms with Gasteiger partial charge in [0.2, 0.25) is 6.79 Å². The second kappa shape index (κ2) is 7.05. The molecular weight excluding hydrogens is 334 g/mol. The molecule has 0 amide bonds. The highest BCUT2D eigenvalue weighted by molar-refractivity contribution is 5.84. The molecule has 0 saturated heterocycles. The Kier molecular flexibility index (Phi) is 4.45. The molecule has 4 rings (SSSR count). The van der Waals surface area contributed by atoms with Crippen molar-refractivity contribution in [1.29, 1.82) is 0 Å². The van der Waals surface area contributed by atoms with Gasteiger partial charge in [-0.2, -0.15) is 0 Å². The van der Waals surface area contributed by atoms with Gasteiger partial charge in [-0.15, -0.1) is 0 Å². The maximum atomic E-state index is 5.41. The molecule has 0 aliphatic carbocycles. The Hall–Kier alpha value is -3.06. The monoisotopic (exact) mass is 353 g/mol. The Balaban J connectivity index is 1.52. The number of benzene rings is 2. The van der Waals surface area contributed by atoms with E-state index in [1.807, 2.05) is 30.3 Å². The van der Waals surface area contributed by atoms with Gasteiger partial charge in [-0.25, -0.2) is 9.97 Å². The van der Waals surface area contributed by atoms with Gasteiger partial charge >= 0.3 is 0 Å². The lowest BCUT2D eigenvalue weighted by Crippen LogP contribution is -2.14. The molecule has 134 valence electrons. The van der Waals surface area contributed by atoms with Crippen LogP contribution >= 0.6 is 0 Å². The highest BCUT2D eigenvalue weighted by Crippen LogP contribution is 2.33. The van der Waals surface area contributed by atoms with Crippen molar-refractivity contribution in [3.63, 3.8) is 0 Å². The molecule has 0 atom stereocenters. The van der Waals surface area contributed by atoms with Crippen LogP contribution in [0.1, 0.15) is 11.3 Å². The van der Waals surface area contributed by atoms with Gasteiger partial charge in [0.25, 0.3) is 0 Å². The van der Waals surface area contributed by atoms with Crippen molar-refractivity contribution in [2.45, 2.75) is 13.1 Å². The minimum absolute atomic E-state index is 0.282. The predicted octanol–water partition coefficient (Wildman–Crippen LogP) is 2.67. The van der Waals surface area contributed by atoms with Crippen molar-refractivity contribution in [1.82, 2.24) is 15.3 Å². The lowest BCUT2D eigenvalue weighted by molar-refractivity contribution is 0.174. The molecule has 0 saturated carbocycles. The highest BCUT2D eigenvalue weighted by Gasteiger charge is 2.13. The van der Waals surface area contributed by atoms with Gasteiger partial charge in [0.1, 0.15) is 6.33 Å². The van der Waals surface area contributed by atoms with Gasteiger partial charge in [0.05, 0.1) is 25.4 Å². The average Bonchev–Trinajstić information content (AvgIpc) is 3.15. The quantitative estimate of drug-likeness (QED) is 0.730. The number of nitrogens with one attached hydrogen (secondary N) is 1. The molecule has 7 heteroatoms. The van der Waals surface area contributed by atoms with Crippen LogP contribution in [-0.2, 0) is 13.1 Å². The number of ether oxygens (including phenoxy) is 4. The topological polar surface area (TPSA) is 74.7 Å². The summed E-state index contributed by atoms with van der Waals surface area (Å²) in [6.07, 6.45) is 1.56. The molecule has 1 aliphatic rings. The van der Waals surface area contributed by atoms with Crippen molar-refractivity contribution >= 4 is 10.9 Å². The number of rotatable bonds is 6. The number of methoxy groups -OCH3 is 2. The summed E-state index contributed by atoms with van der Waals surface area (Å²) in [6, 6.07) is 9.70. The molecular formula is C19H19N3O4. The van der Waals surface area contributed by atoms with Crippen molar-refractivity contribution in [3.8, 4) is 23.0 Å². The van der Waals surface area contributed by atoms with Gasteiger partial charge in [0, 0.05) is 24.5 Å². The number of aromatic nitrogens is 2. The standard InChI is InChI=1S/C19H19N3O4/c1-23-17-6-13-14(7-18(17)24-2)21-10-22-15(13)9-20-8-12-3-4-16-19(5-12)26-11-25-16/h3-7,10,20H,8-9,11H2,1-2H3. The first-order chi connectivity index (χ1) is 12.8. The third-order valence-electron chi connectivity index (χ3n) is 4.28. The summed E-state index contributed by atoms with van der Waals surface area (Å²) in [4.78, 5) is 8.74. The third-order valence-corrected chi connectivity index (χ3v) is 4.28. The van der Waals surface area contributed by atoms with Crippen LogP contribution in [0.5, 0.6) is 23.0 Å². The van der Waals surface area contributed by atoms with Crippen molar-refractivity contribution in [3.05, 3.63) is 47.9 Å². The molecule has 0 spiro atoms. The first-order valence-corrected chi connectivity index (χ1v) is 8.23. The van der Waals surface area contributed by atoms with E-state index in [4.69, 9.17) is 18.9 Å². The van der Waals surface area contributed by atoms with Crippen LogP contribution in [0.15, 0.2) is 36.7 Å². The third kappa shape index (κ3) is 3.09. The summed E-state index contributed by atoms with van der Waals surface area (Å²) in [5.41, 5.74) is 2.83. The lowest BCUT2D eigenvalue weighted by Gasteiger charge is -2.11. The summed E-state index contributed by atoms with van der Waals surface area (Å²) < 4.78 is 21.5. The van der Waals surface area contributed by atoms with E-state index in [1.165, 1.54) is 0 Å². The maximum absolute atomic E-state index is 5.41. The fourth-order valence-corrected chi connectivity index (χ4v) is 2.95. The second-order valence-corrected chi connectivity index (χ2v) is 5.84. The van der Waals surface area contributed by atoms with E-state index in [0.29, 0.717) is 24.6 Å². The second-order valence-electron chi connectivity index (χ2n) is 5.84. The van der Waals surface area contributed by atoms with E-state index >= 15 is 0 Å². The van der Waals surface area contributed by atoms with E-state index in [9.17, 15) is 0 Å². The molecule has 3 aromatic rings. The van der Waals surface area contributed by atoms with Crippen LogP contribution in [0.2, 0.25) is 0 Å². The number of nitrogens with zero attached hydrogens (tertiary/aromatic N) is 2. The summed E-state index contributed by atoms with van der Waals surface area (Å²) in [7, 11) is 3.23. The van der Waals surface area contributed by atoms with Crippen LogP contribution in [0.3, 0.4) is 0 Å². The Morgan fingerprint density at radius 3 is 2.62 bits per heavy atom. The number of hydrogen-bond donors (Lipinski definition) is 1. The van der Waals surface area contributed by atoms with Crippen molar-refractivity contribution in [2.24, 2.45) is 0 Å². The summed E-state index contributed by atoms with van der Waals surface area (Å²) in [6.45, 7) is 1.57. The minimum Gasteiger partial charge on any atom is -0.493 e. The molecule has 7 nitrogen and oxygen atoms in total. The first-order valence-electron chi connectivity index (χ1n) is 8.23. The minimum atomic E-state index is 0.282. The number of fused-ring (bicyclic) bond motifs is 2. The van der Waals surface area contributed by atoms with Gasteiger partial charge in [-0.3, -0.25) is 0 Å². The molecule has 1 aliphatic heterocycles. The largest absolute Gasteiger partial charge is 0.493 e. The van der Waals surface area contributed by atoms with E-state index in [2.05, 4.69) is 15.3 Å². The Bertz CT molecular complexity index is 945. The summed E-state index contributed by atoms with van der Waals surface area (Å²) in [5.74, 6) is 2.88. The molecule has 0 unspecified atom stereocenters.